The van der Waals surface area contributed by atoms with Gasteiger partial charge in [-0.3, -0.25) is 4.90 Å². The summed E-state index contributed by atoms with van der Waals surface area (Å²) in [5.41, 5.74) is 0.399. The molecule has 1 rings (SSSR count). The molecule has 1 heterocycles. The average molecular weight is 226 g/mol. The molecule has 1 unspecified atom stereocenters. The van der Waals surface area contributed by atoms with Crippen LogP contribution < -0.4 is 5.32 Å². The normalized spacial score (nSPS) is 25.9. The Bertz CT molecular complexity index is 200. The molecule has 1 atom stereocenters. The minimum absolute atomic E-state index is 0.237. The third-order valence-corrected chi connectivity index (χ3v) is 3.67. The molecule has 16 heavy (non-hydrogen) atoms. The molecule has 0 aromatic carbocycles. The summed E-state index contributed by atoms with van der Waals surface area (Å²) >= 11 is 0. The van der Waals surface area contributed by atoms with Gasteiger partial charge in [0, 0.05) is 26.2 Å². The Kier molecular flexibility index (Phi) is 6.03. The molecule has 1 saturated heterocycles. The van der Waals surface area contributed by atoms with Crippen LogP contribution in [0.15, 0.2) is 12.7 Å². The summed E-state index contributed by atoms with van der Waals surface area (Å²) in [5.74, 6) is 0. The van der Waals surface area contributed by atoms with Crippen LogP contribution in [0.3, 0.4) is 0 Å². The highest BCUT2D eigenvalue weighted by atomic mass is 16.3. The summed E-state index contributed by atoms with van der Waals surface area (Å²) in [7, 11) is 0. The Morgan fingerprint density at radius 1 is 1.56 bits per heavy atom. The predicted octanol–water partition coefficient (Wildman–Crippen LogP) is 1.25. The van der Waals surface area contributed by atoms with Crippen LogP contribution in [0.5, 0.6) is 0 Å². The van der Waals surface area contributed by atoms with Gasteiger partial charge in [0.2, 0.25) is 0 Å². The standard InChI is InChI=1S/C13H26N2O/c1-3-8-15(9-10-16)12-13(4-2)6-5-7-14-11-13/h3,14,16H,1,4-12H2,2H3. The quantitative estimate of drug-likeness (QED) is 0.641. The van der Waals surface area contributed by atoms with E-state index >= 15 is 0 Å². The lowest BCUT2D eigenvalue weighted by Gasteiger charge is -2.40. The largest absolute Gasteiger partial charge is 0.395 e. The molecule has 0 radical (unpaired) electrons. The molecule has 0 aliphatic carbocycles. The summed E-state index contributed by atoms with van der Waals surface area (Å²) in [6.45, 7) is 11.3. The smallest absolute Gasteiger partial charge is 0.0558 e. The van der Waals surface area contributed by atoms with Gasteiger partial charge >= 0.3 is 0 Å². The first-order valence-electron chi connectivity index (χ1n) is 6.41. The zero-order valence-electron chi connectivity index (χ0n) is 10.5. The van der Waals surface area contributed by atoms with Crippen LogP contribution in [-0.4, -0.2) is 49.3 Å². The van der Waals surface area contributed by atoms with E-state index in [0.29, 0.717) is 5.41 Å². The van der Waals surface area contributed by atoms with E-state index in [1.54, 1.807) is 0 Å². The number of aliphatic hydroxyl groups is 1. The molecular formula is C13H26N2O. The molecule has 2 N–H and O–H groups in total. The molecule has 94 valence electrons. The topological polar surface area (TPSA) is 35.5 Å². The predicted molar refractivity (Wildman–Crippen MR) is 68.6 cm³/mol. The first kappa shape index (κ1) is 13.7. The van der Waals surface area contributed by atoms with Crippen LogP contribution in [-0.2, 0) is 0 Å². The molecule has 1 aliphatic heterocycles. The molecule has 0 aromatic rings. The maximum absolute atomic E-state index is 9.06. The molecular weight excluding hydrogens is 200 g/mol. The highest BCUT2D eigenvalue weighted by Gasteiger charge is 2.31. The number of nitrogens with one attached hydrogen (secondary N) is 1. The Labute approximate surface area is 99.5 Å². The molecule has 0 bridgehead atoms. The molecule has 0 saturated carbocycles. The Balaban J connectivity index is 2.53. The maximum Gasteiger partial charge on any atom is 0.0558 e. The van der Waals surface area contributed by atoms with Crippen molar-refractivity contribution in [1.82, 2.24) is 10.2 Å². The van der Waals surface area contributed by atoms with Crippen LogP contribution >= 0.6 is 0 Å². The second-order valence-corrected chi connectivity index (χ2v) is 4.88. The van der Waals surface area contributed by atoms with E-state index < -0.39 is 0 Å². The maximum atomic E-state index is 9.06. The van der Waals surface area contributed by atoms with Gasteiger partial charge in [-0.2, -0.15) is 0 Å². The zero-order valence-corrected chi connectivity index (χ0v) is 10.5. The van der Waals surface area contributed by atoms with Crippen LogP contribution in [0.2, 0.25) is 0 Å². The number of rotatable bonds is 7. The summed E-state index contributed by atoms with van der Waals surface area (Å²) in [4.78, 5) is 2.31. The minimum Gasteiger partial charge on any atom is -0.395 e. The summed E-state index contributed by atoms with van der Waals surface area (Å²) < 4.78 is 0. The van der Waals surface area contributed by atoms with E-state index in [9.17, 15) is 0 Å². The van der Waals surface area contributed by atoms with Crippen molar-refractivity contribution in [2.75, 3.05) is 39.3 Å². The molecule has 3 heteroatoms. The molecule has 3 nitrogen and oxygen atoms in total. The van der Waals surface area contributed by atoms with Gasteiger partial charge < -0.3 is 10.4 Å². The first-order chi connectivity index (χ1) is 7.76. The van der Waals surface area contributed by atoms with Crippen molar-refractivity contribution in [3.05, 3.63) is 12.7 Å². The van der Waals surface area contributed by atoms with E-state index in [4.69, 9.17) is 5.11 Å². The third kappa shape index (κ3) is 3.89. The van der Waals surface area contributed by atoms with Gasteiger partial charge in [-0.15, -0.1) is 6.58 Å². The monoisotopic (exact) mass is 226 g/mol. The van der Waals surface area contributed by atoms with Crippen molar-refractivity contribution in [1.29, 1.82) is 0 Å². The third-order valence-electron chi connectivity index (χ3n) is 3.67. The van der Waals surface area contributed by atoms with Crippen molar-refractivity contribution in [2.24, 2.45) is 5.41 Å². The van der Waals surface area contributed by atoms with Gasteiger partial charge in [-0.1, -0.05) is 13.0 Å². The van der Waals surface area contributed by atoms with E-state index in [-0.39, 0.29) is 6.61 Å². The SMILES string of the molecule is C=CCN(CCO)CC1(CC)CCCNC1. The van der Waals surface area contributed by atoms with Crippen molar-refractivity contribution in [3.63, 3.8) is 0 Å². The lowest BCUT2D eigenvalue weighted by Crippen LogP contribution is -2.48. The van der Waals surface area contributed by atoms with Gasteiger partial charge in [0.15, 0.2) is 0 Å². The second kappa shape index (κ2) is 7.05. The summed E-state index contributed by atoms with van der Waals surface area (Å²) in [5, 5.41) is 12.6. The fraction of sp³-hybridized carbons (Fsp3) is 0.846. The van der Waals surface area contributed by atoms with E-state index in [2.05, 4.69) is 23.7 Å². The summed E-state index contributed by atoms with van der Waals surface area (Å²) in [6, 6.07) is 0. The van der Waals surface area contributed by atoms with E-state index in [0.717, 1.165) is 32.7 Å². The lowest BCUT2D eigenvalue weighted by molar-refractivity contribution is 0.104. The average Bonchev–Trinajstić information content (AvgIpc) is 2.31. The van der Waals surface area contributed by atoms with Crippen LogP contribution in [0.4, 0.5) is 0 Å². The van der Waals surface area contributed by atoms with Gasteiger partial charge in [0.05, 0.1) is 6.61 Å². The first-order valence-corrected chi connectivity index (χ1v) is 6.41. The molecule has 1 aliphatic rings. The van der Waals surface area contributed by atoms with Crippen LogP contribution in [0, 0.1) is 5.41 Å². The second-order valence-electron chi connectivity index (χ2n) is 4.88. The van der Waals surface area contributed by atoms with Gasteiger partial charge in [-0.25, -0.2) is 0 Å². The van der Waals surface area contributed by atoms with Gasteiger partial charge in [0.25, 0.3) is 0 Å². The molecule has 0 aromatic heterocycles. The number of hydrogen-bond acceptors (Lipinski definition) is 3. The molecule has 0 amide bonds. The molecule has 1 fully saturated rings. The number of piperidine rings is 1. The van der Waals surface area contributed by atoms with Gasteiger partial charge in [-0.05, 0) is 31.2 Å². The Morgan fingerprint density at radius 2 is 2.38 bits per heavy atom. The number of hydrogen-bond donors (Lipinski definition) is 2. The van der Waals surface area contributed by atoms with Gasteiger partial charge in [0.1, 0.15) is 0 Å². The summed E-state index contributed by atoms with van der Waals surface area (Å²) in [6.07, 6.45) is 5.71. The Morgan fingerprint density at radius 3 is 2.88 bits per heavy atom. The van der Waals surface area contributed by atoms with Crippen molar-refractivity contribution in [3.8, 4) is 0 Å². The van der Waals surface area contributed by atoms with Crippen LogP contribution in [0.1, 0.15) is 26.2 Å². The fourth-order valence-electron chi connectivity index (χ4n) is 2.61. The number of aliphatic hydroxyl groups excluding tert-OH is 1. The highest BCUT2D eigenvalue weighted by molar-refractivity contribution is 4.88. The van der Waals surface area contributed by atoms with Crippen molar-refractivity contribution >= 4 is 0 Å². The van der Waals surface area contributed by atoms with Crippen LogP contribution in [0.25, 0.3) is 0 Å². The zero-order chi connectivity index (χ0) is 11.9. The van der Waals surface area contributed by atoms with Crippen molar-refractivity contribution in [2.45, 2.75) is 26.2 Å². The van der Waals surface area contributed by atoms with E-state index in [1.807, 2.05) is 6.08 Å². The van der Waals surface area contributed by atoms with E-state index in [1.165, 1.54) is 19.3 Å². The lowest BCUT2D eigenvalue weighted by atomic mass is 9.78. The number of nitrogens with zero attached hydrogens (tertiary/aromatic N) is 1. The van der Waals surface area contributed by atoms with Crippen molar-refractivity contribution < 1.29 is 5.11 Å². The minimum atomic E-state index is 0.237. The highest BCUT2D eigenvalue weighted by Crippen LogP contribution is 2.30. The Hall–Kier alpha value is -0.380. The fourth-order valence-corrected chi connectivity index (χ4v) is 2.61. The molecule has 0 spiro atoms.